The largest absolute Gasteiger partial charge is 0.497 e. The Morgan fingerprint density at radius 3 is 2.39 bits per heavy atom. The van der Waals surface area contributed by atoms with Gasteiger partial charge in [0.15, 0.2) is 0 Å². The quantitative estimate of drug-likeness (QED) is 0.625. The summed E-state index contributed by atoms with van der Waals surface area (Å²) in [6.07, 6.45) is 1.57. The normalized spacial score (nSPS) is 11.0. The minimum Gasteiger partial charge on any atom is -0.497 e. The van der Waals surface area contributed by atoms with Crippen LogP contribution in [0.4, 0.5) is 17.2 Å². The second kappa shape index (κ2) is 8.18. The van der Waals surface area contributed by atoms with Crippen molar-refractivity contribution in [1.82, 2.24) is 4.98 Å². The summed E-state index contributed by atoms with van der Waals surface area (Å²) in [7, 11) is -0.974. The maximum atomic E-state index is 12.7. The van der Waals surface area contributed by atoms with E-state index in [9.17, 15) is 8.42 Å². The molecule has 2 N–H and O–H groups in total. The van der Waals surface area contributed by atoms with E-state index in [2.05, 4.69) is 15.0 Å². The molecule has 1 aromatic heterocycles. The van der Waals surface area contributed by atoms with E-state index in [1.807, 2.05) is 31.2 Å². The first-order valence-corrected chi connectivity index (χ1v) is 9.95. The summed E-state index contributed by atoms with van der Waals surface area (Å²) in [5, 5.41) is 3.25. The van der Waals surface area contributed by atoms with Crippen molar-refractivity contribution in [3.63, 3.8) is 0 Å². The highest BCUT2D eigenvalue weighted by atomic mass is 32.2. The number of ether oxygens (including phenoxy) is 2. The number of pyridine rings is 1. The van der Waals surface area contributed by atoms with Gasteiger partial charge in [-0.05, 0) is 42.8 Å². The number of aromatic nitrogens is 1. The van der Waals surface area contributed by atoms with Crippen molar-refractivity contribution in [2.75, 3.05) is 24.3 Å². The molecule has 7 nitrogen and oxygen atoms in total. The highest BCUT2D eigenvalue weighted by Gasteiger charge is 2.20. The van der Waals surface area contributed by atoms with Crippen molar-refractivity contribution in [3.8, 4) is 11.5 Å². The number of nitrogens with one attached hydrogen (secondary N) is 2. The summed E-state index contributed by atoms with van der Waals surface area (Å²) in [5.74, 6) is 0.887. The lowest BCUT2D eigenvalue weighted by Crippen LogP contribution is -2.15. The molecule has 1 heterocycles. The number of nitrogens with zero attached hydrogens (tertiary/aromatic N) is 1. The number of methoxy groups -OCH3 is 2. The molecule has 2 aromatic carbocycles. The second-order valence-electron chi connectivity index (χ2n) is 5.99. The number of para-hydroxylation sites is 1. The molecule has 0 unspecified atom stereocenters. The molecule has 0 spiro atoms. The minimum atomic E-state index is -3.87. The summed E-state index contributed by atoms with van der Waals surface area (Å²) in [6.45, 7) is 2.00. The molecule has 0 saturated heterocycles. The van der Waals surface area contributed by atoms with Gasteiger partial charge in [-0.25, -0.2) is 13.4 Å². The van der Waals surface area contributed by atoms with Gasteiger partial charge in [0.25, 0.3) is 10.0 Å². The average molecular weight is 399 g/mol. The van der Waals surface area contributed by atoms with Crippen LogP contribution in [0, 0.1) is 6.92 Å². The highest BCUT2D eigenvalue weighted by Crippen LogP contribution is 2.29. The fourth-order valence-electron chi connectivity index (χ4n) is 2.59. The van der Waals surface area contributed by atoms with Crippen LogP contribution in [0.25, 0.3) is 0 Å². The Kier molecular flexibility index (Phi) is 5.70. The van der Waals surface area contributed by atoms with E-state index in [1.54, 1.807) is 24.4 Å². The molecule has 3 aromatic rings. The lowest BCUT2D eigenvalue weighted by atomic mass is 10.2. The molecule has 8 heteroatoms. The molecule has 0 bridgehead atoms. The SMILES string of the molecule is COc1ccc(S(=O)(=O)Nc2ccc(Nc3ccccc3C)cn2)c(OC)c1. The molecule has 0 aliphatic heterocycles. The van der Waals surface area contributed by atoms with E-state index in [0.29, 0.717) is 5.75 Å². The van der Waals surface area contributed by atoms with Crippen LogP contribution in [0.1, 0.15) is 5.56 Å². The Morgan fingerprint density at radius 1 is 0.964 bits per heavy atom. The monoisotopic (exact) mass is 399 g/mol. The lowest BCUT2D eigenvalue weighted by Gasteiger charge is -2.13. The summed E-state index contributed by atoms with van der Waals surface area (Å²) < 4.78 is 38.2. The molecule has 28 heavy (non-hydrogen) atoms. The van der Waals surface area contributed by atoms with Crippen LogP contribution in [0.5, 0.6) is 11.5 Å². The van der Waals surface area contributed by atoms with Crippen molar-refractivity contribution >= 4 is 27.2 Å². The van der Waals surface area contributed by atoms with Crippen LogP contribution in [0.15, 0.2) is 65.7 Å². The lowest BCUT2D eigenvalue weighted by molar-refractivity contribution is 0.386. The fraction of sp³-hybridized carbons (Fsp3) is 0.150. The number of anilines is 3. The molecule has 0 atom stereocenters. The molecule has 0 aliphatic carbocycles. The molecule has 146 valence electrons. The van der Waals surface area contributed by atoms with Gasteiger partial charge in [-0.15, -0.1) is 0 Å². The Hall–Kier alpha value is -3.26. The van der Waals surface area contributed by atoms with Crippen LogP contribution in [-0.4, -0.2) is 27.6 Å². The van der Waals surface area contributed by atoms with Gasteiger partial charge in [0.2, 0.25) is 0 Å². The molecule has 0 amide bonds. The number of hydrogen-bond donors (Lipinski definition) is 2. The number of rotatable bonds is 7. The molecular weight excluding hydrogens is 378 g/mol. The number of benzene rings is 2. The van der Waals surface area contributed by atoms with Crippen LogP contribution < -0.4 is 19.5 Å². The Balaban J connectivity index is 1.79. The minimum absolute atomic E-state index is 0.000267. The van der Waals surface area contributed by atoms with Crippen LogP contribution in [0.2, 0.25) is 0 Å². The van der Waals surface area contributed by atoms with Gasteiger partial charge < -0.3 is 14.8 Å². The summed E-state index contributed by atoms with van der Waals surface area (Å²) >= 11 is 0. The molecular formula is C20H21N3O4S. The van der Waals surface area contributed by atoms with Crippen molar-refractivity contribution in [3.05, 3.63) is 66.4 Å². The van der Waals surface area contributed by atoms with E-state index in [4.69, 9.17) is 9.47 Å². The molecule has 0 aliphatic rings. The first kappa shape index (κ1) is 19.5. The van der Waals surface area contributed by atoms with E-state index in [-0.39, 0.29) is 16.5 Å². The topological polar surface area (TPSA) is 89.6 Å². The number of hydrogen-bond acceptors (Lipinski definition) is 6. The van der Waals surface area contributed by atoms with Gasteiger partial charge in [0.05, 0.1) is 26.1 Å². The number of sulfonamides is 1. The van der Waals surface area contributed by atoms with Gasteiger partial charge in [0.1, 0.15) is 22.2 Å². The van der Waals surface area contributed by atoms with Crippen molar-refractivity contribution in [2.45, 2.75) is 11.8 Å². The summed E-state index contributed by atoms with van der Waals surface area (Å²) in [6, 6.07) is 15.7. The highest BCUT2D eigenvalue weighted by molar-refractivity contribution is 7.92. The van der Waals surface area contributed by atoms with Gasteiger partial charge in [-0.3, -0.25) is 4.72 Å². The maximum Gasteiger partial charge on any atom is 0.266 e. The predicted octanol–water partition coefficient (Wildman–Crippen LogP) is 3.95. The third-order valence-corrected chi connectivity index (χ3v) is 5.48. The van der Waals surface area contributed by atoms with Crippen molar-refractivity contribution in [1.29, 1.82) is 0 Å². The first-order chi connectivity index (χ1) is 13.4. The fourth-order valence-corrected chi connectivity index (χ4v) is 3.75. The second-order valence-corrected chi connectivity index (χ2v) is 7.65. The van der Waals surface area contributed by atoms with Crippen molar-refractivity contribution in [2.24, 2.45) is 0 Å². The maximum absolute atomic E-state index is 12.7. The molecule has 3 rings (SSSR count). The molecule has 0 fully saturated rings. The average Bonchev–Trinajstić information content (AvgIpc) is 2.70. The van der Waals surface area contributed by atoms with E-state index in [1.165, 1.54) is 26.4 Å². The van der Waals surface area contributed by atoms with Crippen LogP contribution >= 0.6 is 0 Å². The van der Waals surface area contributed by atoms with Crippen LogP contribution in [-0.2, 0) is 10.0 Å². The molecule has 0 radical (unpaired) electrons. The van der Waals surface area contributed by atoms with Crippen molar-refractivity contribution < 1.29 is 17.9 Å². The summed E-state index contributed by atoms with van der Waals surface area (Å²) in [5.41, 5.74) is 2.80. The smallest absolute Gasteiger partial charge is 0.266 e. The summed E-state index contributed by atoms with van der Waals surface area (Å²) in [4.78, 5) is 4.19. The zero-order valence-corrected chi connectivity index (χ0v) is 16.6. The Labute approximate surface area is 164 Å². The Bertz CT molecular complexity index is 1070. The van der Waals surface area contributed by atoms with E-state index < -0.39 is 10.0 Å². The number of aryl methyl sites for hydroxylation is 1. The van der Waals surface area contributed by atoms with Gasteiger partial charge in [-0.1, -0.05) is 18.2 Å². The predicted molar refractivity (Wildman–Crippen MR) is 109 cm³/mol. The van der Waals surface area contributed by atoms with Gasteiger partial charge >= 0.3 is 0 Å². The standard InChI is InChI=1S/C20H21N3O4S/c1-14-6-4-5-7-17(14)22-15-8-11-20(21-13-15)23-28(24,25)19-10-9-16(26-2)12-18(19)27-3/h4-13,22H,1-3H3,(H,21,23). The first-order valence-electron chi connectivity index (χ1n) is 8.46. The third kappa shape index (κ3) is 4.34. The Morgan fingerprint density at radius 2 is 1.75 bits per heavy atom. The molecule has 0 saturated carbocycles. The zero-order valence-electron chi connectivity index (χ0n) is 15.8. The van der Waals surface area contributed by atoms with Gasteiger partial charge in [-0.2, -0.15) is 0 Å². The zero-order chi connectivity index (χ0) is 20.1. The van der Waals surface area contributed by atoms with E-state index >= 15 is 0 Å². The third-order valence-electron chi connectivity index (χ3n) is 4.09. The van der Waals surface area contributed by atoms with Crippen LogP contribution in [0.3, 0.4) is 0 Å². The van der Waals surface area contributed by atoms with Gasteiger partial charge in [0, 0.05) is 11.8 Å². The van der Waals surface area contributed by atoms with E-state index in [0.717, 1.165) is 16.9 Å².